The Morgan fingerprint density at radius 2 is 1.95 bits per heavy atom. The predicted octanol–water partition coefficient (Wildman–Crippen LogP) is 3.88. The van der Waals surface area contributed by atoms with Crippen LogP contribution in [0.4, 0.5) is 0 Å². The SMILES string of the molecule is O=C(C1CC1)N1CCCCC1C/C=C/c1ccccc1. The molecule has 1 amide bonds. The highest BCUT2D eigenvalue weighted by molar-refractivity contribution is 5.81. The van der Waals surface area contributed by atoms with E-state index in [0.29, 0.717) is 17.9 Å². The average Bonchev–Trinajstić information content (AvgIpc) is 3.33. The lowest BCUT2D eigenvalue weighted by Gasteiger charge is -2.35. The van der Waals surface area contributed by atoms with Gasteiger partial charge in [0.2, 0.25) is 5.91 Å². The Bertz CT molecular complexity index is 475. The molecule has 3 rings (SSSR count). The van der Waals surface area contributed by atoms with Crippen LogP contribution in [-0.2, 0) is 4.79 Å². The summed E-state index contributed by atoms with van der Waals surface area (Å²) >= 11 is 0. The summed E-state index contributed by atoms with van der Waals surface area (Å²) in [5.41, 5.74) is 1.24. The fourth-order valence-corrected chi connectivity index (χ4v) is 3.03. The van der Waals surface area contributed by atoms with Gasteiger partial charge in [0.05, 0.1) is 0 Å². The Morgan fingerprint density at radius 3 is 2.70 bits per heavy atom. The van der Waals surface area contributed by atoms with Crippen LogP contribution in [0.15, 0.2) is 36.4 Å². The summed E-state index contributed by atoms with van der Waals surface area (Å²) in [4.78, 5) is 14.5. The largest absolute Gasteiger partial charge is 0.339 e. The summed E-state index contributed by atoms with van der Waals surface area (Å²) in [6.07, 6.45) is 11.2. The molecule has 1 unspecified atom stereocenters. The molecule has 1 heterocycles. The van der Waals surface area contributed by atoms with E-state index in [1.165, 1.54) is 18.4 Å². The number of likely N-dealkylation sites (tertiary alicyclic amines) is 1. The smallest absolute Gasteiger partial charge is 0.225 e. The van der Waals surface area contributed by atoms with Crippen molar-refractivity contribution < 1.29 is 4.79 Å². The first kappa shape index (κ1) is 13.4. The molecule has 0 spiro atoms. The minimum atomic E-state index is 0.355. The number of carbonyl (C=O) groups excluding carboxylic acids is 1. The summed E-state index contributed by atoms with van der Waals surface area (Å²) in [6, 6.07) is 10.8. The van der Waals surface area contributed by atoms with Crippen LogP contribution in [0, 0.1) is 5.92 Å². The molecular weight excluding hydrogens is 246 g/mol. The van der Waals surface area contributed by atoms with E-state index in [0.717, 1.165) is 32.2 Å². The van der Waals surface area contributed by atoms with E-state index >= 15 is 0 Å². The van der Waals surface area contributed by atoms with Crippen molar-refractivity contribution >= 4 is 12.0 Å². The first-order valence-electron chi connectivity index (χ1n) is 7.86. The molecule has 20 heavy (non-hydrogen) atoms. The second kappa shape index (κ2) is 6.25. The van der Waals surface area contributed by atoms with Gasteiger partial charge < -0.3 is 4.90 Å². The van der Waals surface area contributed by atoms with Crippen molar-refractivity contribution in [1.29, 1.82) is 0 Å². The normalized spacial score (nSPS) is 23.2. The molecule has 1 aliphatic heterocycles. The third-order valence-corrected chi connectivity index (χ3v) is 4.35. The van der Waals surface area contributed by atoms with Crippen molar-refractivity contribution in [2.24, 2.45) is 5.92 Å². The first-order valence-corrected chi connectivity index (χ1v) is 7.86. The van der Waals surface area contributed by atoms with Crippen LogP contribution in [0.2, 0.25) is 0 Å². The highest BCUT2D eigenvalue weighted by atomic mass is 16.2. The number of rotatable bonds is 4. The zero-order chi connectivity index (χ0) is 13.8. The van der Waals surface area contributed by atoms with Gasteiger partial charge in [-0.1, -0.05) is 42.5 Å². The lowest BCUT2D eigenvalue weighted by atomic mass is 9.98. The van der Waals surface area contributed by atoms with Gasteiger partial charge in [0, 0.05) is 18.5 Å². The van der Waals surface area contributed by atoms with Crippen LogP contribution in [0.5, 0.6) is 0 Å². The number of benzene rings is 1. The highest BCUT2D eigenvalue weighted by Gasteiger charge is 2.36. The van der Waals surface area contributed by atoms with E-state index in [9.17, 15) is 4.79 Å². The fourth-order valence-electron chi connectivity index (χ4n) is 3.03. The van der Waals surface area contributed by atoms with Gasteiger partial charge in [-0.15, -0.1) is 0 Å². The molecule has 1 aromatic rings. The average molecular weight is 269 g/mol. The summed E-state index contributed by atoms with van der Waals surface area (Å²) < 4.78 is 0. The lowest BCUT2D eigenvalue weighted by Crippen LogP contribution is -2.44. The van der Waals surface area contributed by atoms with E-state index in [4.69, 9.17) is 0 Å². The number of nitrogens with zero attached hydrogens (tertiary/aromatic N) is 1. The Hall–Kier alpha value is -1.57. The van der Waals surface area contributed by atoms with Crippen molar-refractivity contribution in [3.05, 3.63) is 42.0 Å². The minimum Gasteiger partial charge on any atom is -0.339 e. The third-order valence-electron chi connectivity index (χ3n) is 4.35. The van der Waals surface area contributed by atoms with Crippen molar-refractivity contribution in [3.8, 4) is 0 Å². The Morgan fingerprint density at radius 1 is 1.15 bits per heavy atom. The van der Waals surface area contributed by atoms with Crippen LogP contribution >= 0.6 is 0 Å². The molecule has 2 heteroatoms. The van der Waals surface area contributed by atoms with Crippen LogP contribution < -0.4 is 0 Å². The maximum absolute atomic E-state index is 12.3. The molecule has 2 fully saturated rings. The van der Waals surface area contributed by atoms with Gasteiger partial charge >= 0.3 is 0 Å². The molecule has 1 saturated heterocycles. The predicted molar refractivity (Wildman–Crippen MR) is 82.2 cm³/mol. The monoisotopic (exact) mass is 269 g/mol. The molecule has 0 radical (unpaired) electrons. The van der Waals surface area contributed by atoms with Crippen molar-refractivity contribution in [3.63, 3.8) is 0 Å². The van der Waals surface area contributed by atoms with Gasteiger partial charge in [-0.25, -0.2) is 0 Å². The molecule has 0 aromatic heterocycles. The van der Waals surface area contributed by atoms with E-state index in [1.54, 1.807) is 0 Å². The summed E-state index contributed by atoms with van der Waals surface area (Å²) in [6.45, 7) is 0.971. The molecule has 106 valence electrons. The minimum absolute atomic E-state index is 0.355. The van der Waals surface area contributed by atoms with E-state index in [1.807, 2.05) is 6.07 Å². The molecule has 2 nitrogen and oxygen atoms in total. The molecule has 1 aromatic carbocycles. The summed E-state index contributed by atoms with van der Waals surface area (Å²) in [7, 11) is 0. The molecule has 0 N–H and O–H groups in total. The van der Waals surface area contributed by atoms with E-state index in [-0.39, 0.29) is 0 Å². The number of amides is 1. The van der Waals surface area contributed by atoms with Crippen molar-refractivity contribution in [2.45, 2.75) is 44.6 Å². The van der Waals surface area contributed by atoms with Gasteiger partial charge in [0.25, 0.3) is 0 Å². The quantitative estimate of drug-likeness (QED) is 0.812. The number of hydrogen-bond acceptors (Lipinski definition) is 1. The van der Waals surface area contributed by atoms with Crippen LogP contribution in [-0.4, -0.2) is 23.4 Å². The zero-order valence-electron chi connectivity index (χ0n) is 12.0. The van der Waals surface area contributed by atoms with Gasteiger partial charge in [-0.05, 0) is 44.1 Å². The summed E-state index contributed by atoms with van der Waals surface area (Å²) in [5.74, 6) is 0.775. The Balaban J connectivity index is 1.59. The van der Waals surface area contributed by atoms with Gasteiger partial charge in [-0.3, -0.25) is 4.79 Å². The van der Waals surface area contributed by atoms with Gasteiger partial charge in [0.15, 0.2) is 0 Å². The second-order valence-electron chi connectivity index (χ2n) is 6.00. The third kappa shape index (κ3) is 3.30. The molecule has 1 aliphatic carbocycles. The Labute approximate surface area is 121 Å². The maximum Gasteiger partial charge on any atom is 0.225 e. The van der Waals surface area contributed by atoms with Gasteiger partial charge in [0.1, 0.15) is 0 Å². The maximum atomic E-state index is 12.3. The standard InChI is InChI=1S/C18H23NO/c20-18(16-12-13-16)19-14-5-4-10-17(19)11-6-9-15-7-2-1-3-8-15/h1-3,6-9,16-17H,4-5,10-14H2/b9-6+. The topological polar surface area (TPSA) is 20.3 Å². The molecule has 0 bridgehead atoms. The van der Waals surface area contributed by atoms with Crippen LogP contribution in [0.25, 0.3) is 6.08 Å². The van der Waals surface area contributed by atoms with Crippen LogP contribution in [0.3, 0.4) is 0 Å². The molecule has 1 saturated carbocycles. The Kier molecular flexibility index (Phi) is 4.19. The number of piperidine rings is 1. The molecule has 2 aliphatic rings. The summed E-state index contributed by atoms with van der Waals surface area (Å²) in [5, 5.41) is 0. The number of carbonyl (C=O) groups is 1. The van der Waals surface area contributed by atoms with Crippen LogP contribution in [0.1, 0.15) is 44.1 Å². The molecular formula is C18H23NO. The molecule has 1 atom stereocenters. The van der Waals surface area contributed by atoms with Gasteiger partial charge in [-0.2, -0.15) is 0 Å². The lowest BCUT2D eigenvalue weighted by molar-refractivity contribution is -0.136. The first-order chi connectivity index (χ1) is 9.84. The number of hydrogen-bond donors (Lipinski definition) is 0. The van der Waals surface area contributed by atoms with Crippen molar-refractivity contribution in [2.75, 3.05) is 6.54 Å². The highest BCUT2D eigenvalue weighted by Crippen LogP contribution is 2.33. The zero-order valence-corrected chi connectivity index (χ0v) is 12.0. The van der Waals surface area contributed by atoms with E-state index < -0.39 is 0 Å². The van der Waals surface area contributed by atoms with Crippen molar-refractivity contribution in [1.82, 2.24) is 4.90 Å². The second-order valence-corrected chi connectivity index (χ2v) is 6.00. The fraction of sp³-hybridized carbons (Fsp3) is 0.500. The van der Waals surface area contributed by atoms with E-state index in [2.05, 4.69) is 41.3 Å².